The molecule has 0 saturated heterocycles. The van der Waals surface area contributed by atoms with Crippen LogP contribution in [0.15, 0.2) is 0 Å². The normalized spacial score (nSPS) is 11.7. The summed E-state index contributed by atoms with van der Waals surface area (Å²) in [6.45, 7) is 6.34. The predicted molar refractivity (Wildman–Crippen MR) is 190 cm³/mol. The van der Waals surface area contributed by atoms with Gasteiger partial charge in [-0.1, -0.05) is 0 Å². The van der Waals surface area contributed by atoms with Crippen LogP contribution in [0.4, 0.5) is 0 Å². The van der Waals surface area contributed by atoms with Gasteiger partial charge in [0.2, 0.25) is 0 Å². The van der Waals surface area contributed by atoms with Crippen LogP contribution in [-0.4, -0.2) is 79.8 Å². The van der Waals surface area contributed by atoms with E-state index in [4.69, 9.17) is 4.52 Å². The third kappa shape index (κ3) is 13.7. The molecule has 0 aromatic heterocycles. The van der Waals surface area contributed by atoms with Gasteiger partial charge in [-0.05, 0) is 0 Å². The Morgan fingerprint density at radius 1 is 0.388 bits per heavy atom. The van der Waals surface area contributed by atoms with E-state index < -0.39 is 76.7 Å². The Hall–Kier alpha value is -3.53. The van der Waals surface area contributed by atoms with Gasteiger partial charge in [-0.25, -0.2) is 0 Å². The summed E-state index contributed by atoms with van der Waals surface area (Å²) in [5.74, 6) is -12.1. The number of carboxylic acid groups (broad SMARTS) is 5. The van der Waals surface area contributed by atoms with Crippen molar-refractivity contribution in [3.63, 3.8) is 0 Å². The van der Waals surface area contributed by atoms with Crippen molar-refractivity contribution in [1.29, 1.82) is 0 Å². The van der Waals surface area contributed by atoms with Crippen molar-refractivity contribution in [3.8, 4) is 0 Å². The number of benzene rings is 1. The third-order valence-electron chi connectivity index (χ3n) is 9.04. The number of carbonyl (C=O) groups excluding carboxylic acids is 1. The van der Waals surface area contributed by atoms with Gasteiger partial charge in [-0.15, -0.1) is 0 Å². The first-order valence-electron chi connectivity index (χ1n) is 17.9. The van der Waals surface area contributed by atoms with Crippen molar-refractivity contribution < 1.29 is 58.8 Å². The summed E-state index contributed by atoms with van der Waals surface area (Å²) < 4.78 is 6.30. The Morgan fingerprint density at radius 3 is 0.857 bits per heavy atom. The van der Waals surface area contributed by atoms with Crippen LogP contribution in [-0.2, 0) is 4.52 Å². The van der Waals surface area contributed by atoms with E-state index in [2.05, 4.69) is 20.8 Å². The molecule has 0 bridgehead atoms. The van der Waals surface area contributed by atoms with Gasteiger partial charge >= 0.3 is 290 Å². The van der Waals surface area contributed by atoms with Gasteiger partial charge in [0.25, 0.3) is 0 Å². The fourth-order valence-electron chi connectivity index (χ4n) is 6.48. The molecule has 0 aliphatic rings. The van der Waals surface area contributed by atoms with Crippen molar-refractivity contribution in [2.45, 2.75) is 136 Å². The summed E-state index contributed by atoms with van der Waals surface area (Å²) in [5.41, 5.74) is -8.63. The molecule has 1 rings (SSSR count). The van der Waals surface area contributed by atoms with Crippen molar-refractivity contribution in [2.75, 3.05) is 18.5 Å². The number of hydrogen-bond donors (Lipinski definition) is 5. The summed E-state index contributed by atoms with van der Waals surface area (Å²) in [5, 5.41) is 49.9. The maximum atomic E-state index is 14.2. The molecule has 0 aliphatic carbocycles. The first-order valence-corrected chi connectivity index (χ1v) is 20.5. The molecule has 0 heterocycles. The van der Waals surface area contributed by atoms with E-state index in [0.29, 0.717) is 18.5 Å². The average Bonchev–Trinajstić information content (AvgIpc) is 3.04. The van der Waals surface area contributed by atoms with E-state index in [9.17, 15) is 54.3 Å². The Balaban J connectivity index is 3.87. The second-order valence-corrected chi connectivity index (χ2v) is 17.0. The van der Waals surface area contributed by atoms with Gasteiger partial charge in [-0.2, -0.15) is 0 Å². The molecule has 0 amide bonds. The van der Waals surface area contributed by atoms with Gasteiger partial charge < -0.3 is 0 Å². The summed E-state index contributed by atoms with van der Waals surface area (Å²) in [7, 11) is -3.13. The molecule has 1 aromatic carbocycles. The van der Waals surface area contributed by atoms with Gasteiger partial charge in [0.05, 0.1) is 0 Å². The third-order valence-corrected chi connectivity index (χ3v) is 13.5. The molecule has 0 unspecified atom stereocenters. The summed E-state index contributed by atoms with van der Waals surface area (Å²) >= 11 is 0. The minimum absolute atomic E-state index is 0.532. The fourth-order valence-corrected chi connectivity index (χ4v) is 10.7. The van der Waals surface area contributed by atoms with Crippen molar-refractivity contribution >= 4 is 43.3 Å². The Bertz CT molecular complexity index is 1200. The minimum atomic E-state index is -3.13. The van der Waals surface area contributed by atoms with Crippen LogP contribution in [0.5, 0.6) is 0 Å². The summed E-state index contributed by atoms with van der Waals surface area (Å²) in [6, 6.07) is 0. The van der Waals surface area contributed by atoms with Crippen molar-refractivity contribution in [3.05, 3.63) is 33.4 Å². The molecule has 13 heteroatoms. The topological polar surface area (TPSA) is 213 Å². The van der Waals surface area contributed by atoms with Gasteiger partial charge in [0, 0.05) is 0 Å². The maximum absolute atomic E-state index is 14.2. The first-order chi connectivity index (χ1) is 23.3. The molecular formula is C36H57O12P. The summed E-state index contributed by atoms with van der Waals surface area (Å²) in [4.78, 5) is 76.0. The number of rotatable bonds is 28. The van der Waals surface area contributed by atoms with E-state index in [1.165, 1.54) is 0 Å². The van der Waals surface area contributed by atoms with E-state index >= 15 is 0 Å². The van der Waals surface area contributed by atoms with E-state index in [0.717, 1.165) is 116 Å². The number of unbranched alkanes of at least 4 members (excludes halogenated alkanes) is 15. The van der Waals surface area contributed by atoms with Crippen LogP contribution in [0.25, 0.3) is 0 Å². The number of carboxylic acids is 5. The number of hydrogen-bond acceptors (Lipinski definition) is 7. The van der Waals surface area contributed by atoms with Gasteiger partial charge in [0.1, 0.15) is 0 Å². The second kappa shape index (κ2) is 23.0. The van der Waals surface area contributed by atoms with Crippen LogP contribution in [0.3, 0.4) is 0 Å². The molecular weight excluding hydrogens is 655 g/mol. The zero-order valence-corrected chi connectivity index (χ0v) is 30.4. The van der Waals surface area contributed by atoms with Crippen molar-refractivity contribution in [2.24, 2.45) is 0 Å². The molecule has 278 valence electrons. The standard InChI is InChI=1S/C36H57O12P/c1-4-7-10-13-16-19-22-49(23-20-17-14-11-8-5-2,24-21-18-15-12-9-6-3)48-36(47)30-28(34(43)44)26(32(39)40)25(31(37)38)27(33(41)42)29(30)35(45)46/h49H,4-24H2,1-3H3,(H,37,38)(H,39,40)(H,41,42)(H,43,44)(H,45,46). The van der Waals surface area contributed by atoms with Crippen LogP contribution < -0.4 is 0 Å². The zero-order chi connectivity index (χ0) is 37.0. The monoisotopic (exact) mass is 712 g/mol. The van der Waals surface area contributed by atoms with Crippen molar-refractivity contribution in [1.82, 2.24) is 0 Å². The molecule has 0 fully saturated rings. The number of aromatic carboxylic acids is 5. The molecule has 12 nitrogen and oxygen atoms in total. The van der Waals surface area contributed by atoms with E-state index in [1.807, 2.05) is 0 Å². The zero-order valence-electron chi connectivity index (χ0n) is 29.4. The molecule has 49 heavy (non-hydrogen) atoms. The SMILES string of the molecule is CCCCCCCC[PH](CCCCCCCC)(CCCCCCCC)OC(=O)c1c(C(=O)O)c(C(=O)O)c(C(=O)O)c(C(=O)O)c1C(=O)O. The van der Waals surface area contributed by atoms with Gasteiger partial charge in [-0.3, -0.25) is 0 Å². The van der Waals surface area contributed by atoms with Crippen LogP contribution >= 0.6 is 7.49 Å². The Labute approximate surface area is 290 Å². The van der Waals surface area contributed by atoms with Crippen LogP contribution in [0, 0.1) is 0 Å². The fraction of sp³-hybridized carbons (Fsp3) is 0.667. The molecule has 0 atom stereocenters. The Kier molecular flexibility index (Phi) is 20.4. The van der Waals surface area contributed by atoms with E-state index in [1.54, 1.807) is 0 Å². The summed E-state index contributed by atoms with van der Waals surface area (Å²) in [6.07, 6.45) is 19.0. The molecule has 0 radical (unpaired) electrons. The average molecular weight is 713 g/mol. The molecule has 0 aliphatic heterocycles. The quantitative estimate of drug-likeness (QED) is 0.0406. The Morgan fingerprint density at radius 2 is 0.612 bits per heavy atom. The molecule has 5 N–H and O–H groups in total. The van der Waals surface area contributed by atoms with Crippen LogP contribution in [0.1, 0.15) is 198 Å². The first kappa shape index (κ1) is 43.5. The molecule has 0 saturated carbocycles. The van der Waals surface area contributed by atoms with Crippen LogP contribution in [0.2, 0.25) is 0 Å². The van der Waals surface area contributed by atoms with Gasteiger partial charge in [0.15, 0.2) is 0 Å². The molecule has 1 aromatic rings. The second-order valence-electron chi connectivity index (χ2n) is 12.9. The number of carbonyl (C=O) groups is 6. The molecule has 0 spiro atoms. The predicted octanol–water partition coefficient (Wildman–Crippen LogP) is 9.08. The van der Waals surface area contributed by atoms with E-state index in [-0.39, 0.29) is 0 Å².